The fourth-order valence-electron chi connectivity index (χ4n) is 1.99. The van der Waals surface area contributed by atoms with Gasteiger partial charge in [-0.25, -0.2) is 0 Å². The van der Waals surface area contributed by atoms with Gasteiger partial charge in [-0.3, -0.25) is 4.79 Å². The highest BCUT2D eigenvalue weighted by Crippen LogP contribution is 2.24. The highest BCUT2D eigenvalue weighted by atomic mass is 35.5. The molecule has 1 heterocycles. The maximum Gasteiger partial charge on any atom is 0.255 e. The Morgan fingerprint density at radius 1 is 1.15 bits per heavy atom. The van der Waals surface area contributed by atoms with Crippen LogP contribution in [0, 0.1) is 0 Å². The molecule has 100 valence electrons. The highest BCUT2D eigenvalue weighted by Gasteiger charge is 2.08. The van der Waals surface area contributed by atoms with E-state index in [-0.39, 0.29) is 5.91 Å². The van der Waals surface area contributed by atoms with Crippen molar-refractivity contribution < 1.29 is 4.79 Å². The third-order valence-electron chi connectivity index (χ3n) is 2.89. The second-order valence-corrected chi connectivity index (χ2v) is 5.78. The van der Waals surface area contributed by atoms with Gasteiger partial charge in [-0.2, -0.15) is 0 Å². The van der Waals surface area contributed by atoms with Gasteiger partial charge in [-0.05, 0) is 53.2 Å². The highest BCUT2D eigenvalue weighted by molar-refractivity contribution is 7.17. The standard InChI is InChI=1S/C15H11ClN2OS/c16-11-5-10(6-12(17)8-11)15(19)18-13-1-2-14-9(7-13)3-4-20-14/h1-8H,17H2,(H,18,19). The van der Waals surface area contributed by atoms with E-state index >= 15 is 0 Å². The largest absolute Gasteiger partial charge is 0.399 e. The van der Waals surface area contributed by atoms with Crippen LogP contribution in [0.4, 0.5) is 11.4 Å². The Balaban J connectivity index is 1.87. The van der Waals surface area contributed by atoms with E-state index in [0.29, 0.717) is 16.3 Å². The number of carbonyl (C=O) groups is 1. The lowest BCUT2D eigenvalue weighted by atomic mass is 10.1. The quantitative estimate of drug-likeness (QED) is 0.690. The van der Waals surface area contributed by atoms with Crippen molar-refractivity contribution in [2.24, 2.45) is 0 Å². The van der Waals surface area contributed by atoms with Gasteiger partial charge in [0.1, 0.15) is 0 Å². The van der Waals surface area contributed by atoms with Crippen LogP contribution in [0.25, 0.3) is 10.1 Å². The number of fused-ring (bicyclic) bond motifs is 1. The third-order valence-corrected chi connectivity index (χ3v) is 4.01. The van der Waals surface area contributed by atoms with Gasteiger partial charge in [-0.15, -0.1) is 11.3 Å². The summed E-state index contributed by atoms with van der Waals surface area (Å²) in [6.45, 7) is 0. The number of nitrogen functional groups attached to an aromatic ring is 1. The molecular weight excluding hydrogens is 292 g/mol. The van der Waals surface area contributed by atoms with Gasteiger partial charge in [0, 0.05) is 26.7 Å². The lowest BCUT2D eigenvalue weighted by Crippen LogP contribution is -2.12. The molecule has 0 bridgehead atoms. The summed E-state index contributed by atoms with van der Waals surface area (Å²) in [5.74, 6) is -0.228. The van der Waals surface area contributed by atoms with Gasteiger partial charge in [0.05, 0.1) is 0 Å². The van der Waals surface area contributed by atoms with Crippen LogP contribution in [0.15, 0.2) is 47.8 Å². The summed E-state index contributed by atoms with van der Waals surface area (Å²) in [7, 11) is 0. The molecule has 3 nitrogen and oxygen atoms in total. The van der Waals surface area contributed by atoms with Crippen molar-refractivity contribution in [3.63, 3.8) is 0 Å². The first-order valence-electron chi connectivity index (χ1n) is 5.96. The summed E-state index contributed by atoms with van der Waals surface area (Å²) in [5.41, 5.74) is 7.35. The molecule has 2 aromatic carbocycles. The maximum atomic E-state index is 12.2. The van der Waals surface area contributed by atoms with Crippen molar-refractivity contribution in [1.82, 2.24) is 0 Å². The third kappa shape index (κ3) is 2.61. The van der Waals surface area contributed by atoms with Crippen LogP contribution in [0.5, 0.6) is 0 Å². The average molecular weight is 303 g/mol. The van der Waals surface area contributed by atoms with Crippen LogP contribution in [0.3, 0.4) is 0 Å². The molecule has 1 aromatic heterocycles. The van der Waals surface area contributed by atoms with E-state index in [0.717, 1.165) is 11.1 Å². The molecule has 0 aliphatic heterocycles. The van der Waals surface area contributed by atoms with Crippen molar-refractivity contribution in [3.05, 3.63) is 58.4 Å². The van der Waals surface area contributed by atoms with Crippen LogP contribution in [0.1, 0.15) is 10.4 Å². The Kier molecular flexibility index (Phi) is 3.34. The number of amides is 1. The van der Waals surface area contributed by atoms with Crippen molar-refractivity contribution >= 4 is 50.3 Å². The molecule has 0 radical (unpaired) electrons. The second kappa shape index (κ2) is 5.15. The minimum Gasteiger partial charge on any atom is -0.399 e. The molecule has 0 saturated heterocycles. The number of nitrogens with two attached hydrogens (primary N) is 1. The Labute approximate surface area is 125 Å². The molecule has 0 unspecified atom stereocenters. The smallest absolute Gasteiger partial charge is 0.255 e. The Morgan fingerprint density at radius 2 is 2.00 bits per heavy atom. The predicted molar refractivity (Wildman–Crippen MR) is 85.6 cm³/mol. The summed E-state index contributed by atoms with van der Waals surface area (Å²) in [5, 5.41) is 6.43. The van der Waals surface area contributed by atoms with E-state index in [1.54, 1.807) is 29.5 Å². The zero-order chi connectivity index (χ0) is 14.1. The number of benzene rings is 2. The van der Waals surface area contributed by atoms with E-state index < -0.39 is 0 Å². The Morgan fingerprint density at radius 3 is 2.80 bits per heavy atom. The number of halogens is 1. The van der Waals surface area contributed by atoms with Crippen molar-refractivity contribution in [2.75, 3.05) is 11.1 Å². The molecule has 3 rings (SSSR count). The summed E-state index contributed by atoms with van der Waals surface area (Å²) in [4.78, 5) is 12.2. The summed E-state index contributed by atoms with van der Waals surface area (Å²) < 4.78 is 1.19. The fraction of sp³-hybridized carbons (Fsp3) is 0. The van der Waals surface area contributed by atoms with E-state index in [1.165, 1.54) is 4.70 Å². The first kappa shape index (κ1) is 13.0. The fourth-order valence-corrected chi connectivity index (χ4v) is 3.01. The summed E-state index contributed by atoms with van der Waals surface area (Å²) in [6.07, 6.45) is 0. The van der Waals surface area contributed by atoms with Crippen molar-refractivity contribution in [3.8, 4) is 0 Å². The van der Waals surface area contributed by atoms with Crippen LogP contribution < -0.4 is 11.1 Å². The lowest BCUT2D eigenvalue weighted by molar-refractivity contribution is 0.102. The van der Waals surface area contributed by atoms with Crippen molar-refractivity contribution in [2.45, 2.75) is 0 Å². The zero-order valence-electron chi connectivity index (χ0n) is 10.4. The molecule has 0 saturated carbocycles. The number of thiophene rings is 1. The number of hydrogen-bond donors (Lipinski definition) is 2. The Hall–Kier alpha value is -2.04. The normalized spacial score (nSPS) is 10.7. The molecule has 1 amide bonds. The van der Waals surface area contributed by atoms with Gasteiger partial charge in [0.25, 0.3) is 5.91 Å². The number of anilines is 2. The molecule has 0 aliphatic carbocycles. The molecule has 20 heavy (non-hydrogen) atoms. The summed E-state index contributed by atoms with van der Waals surface area (Å²) >= 11 is 7.57. The van der Waals surface area contributed by atoms with Crippen LogP contribution in [-0.4, -0.2) is 5.91 Å². The topological polar surface area (TPSA) is 55.1 Å². The molecule has 5 heteroatoms. The van der Waals surface area contributed by atoms with Crippen LogP contribution >= 0.6 is 22.9 Å². The van der Waals surface area contributed by atoms with Gasteiger partial charge in [0.2, 0.25) is 0 Å². The van der Waals surface area contributed by atoms with Gasteiger partial charge in [-0.1, -0.05) is 11.6 Å². The van der Waals surface area contributed by atoms with Crippen LogP contribution in [-0.2, 0) is 0 Å². The van der Waals surface area contributed by atoms with E-state index in [2.05, 4.69) is 5.32 Å². The molecule has 0 aliphatic rings. The molecule has 0 fully saturated rings. The van der Waals surface area contributed by atoms with Gasteiger partial charge >= 0.3 is 0 Å². The second-order valence-electron chi connectivity index (χ2n) is 4.40. The van der Waals surface area contributed by atoms with Gasteiger partial charge < -0.3 is 11.1 Å². The zero-order valence-corrected chi connectivity index (χ0v) is 12.0. The average Bonchev–Trinajstić information content (AvgIpc) is 2.85. The van der Waals surface area contributed by atoms with E-state index in [1.807, 2.05) is 29.6 Å². The first-order chi connectivity index (χ1) is 9.61. The number of hydrogen-bond acceptors (Lipinski definition) is 3. The van der Waals surface area contributed by atoms with Gasteiger partial charge in [0.15, 0.2) is 0 Å². The monoisotopic (exact) mass is 302 g/mol. The lowest BCUT2D eigenvalue weighted by Gasteiger charge is -2.07. The van der Waals surface area contributed by atoms with E-state index in [4.69, 9.17) is 17.3 Å². The van der Waals surface area contributed by atoms with E-state index in [9.17, 15) is 4.79 Å². The van der Waals surface area contributed by atoms with Crippen molar-refractivity contribution in [1.29, 1.82) is 0 Å². The minimum atomic E-state index is -0.228. The van der Waals surface area contributed by atoms with Crippen LogP contribution in [0.2, 0.25) is 5.02 Å². The number of carbonyl (C=O) groups excluding carboxylic acids is 1. The number of nitrogens with one attached hydrogen (secondary N) is 1. The first-order valence-corrected chi connectivity index (χ1v) is 7.22. The molecule has 3 aromatic rings. The maximum absolute atomic E-state index is 12.2. The molecule has 3 N–H and O–H groups in total. The Bertz CT molecular complexity index is 777. The summed E-state index contributed by atoms with van der Waals surface area (Å²) in [6, 6.07) is 12.6. The minimum absolute atomic E-state index is 0.228. The molecule has 0 spiro atoms. The molecule has 0 atom stereocenters. The number of rotatable bonds is 2. The SMILES string of the molecule is Nc1cc(Cl)cc(C(=O)Nc2ccc3sccc3c2)c1. The predicted octanol–water partition coefficient (Wildman–Crippen LogP) is 4.39. The molecular formula is C15H11ClN2OS.